The second-order valence-corrected chi connectivity index (χ2v) is 7.36. The Labute approximate surface area is 165 Å². The van der Waals surface area contributed by atoms with Crippen LogP contribution in [0, 0.1) is 0 Å². The number of ether oxygens (including phenoxy) is 1. The zero-order valence-electron chi connectivity index (χ0n) is 16.4. The minimum atomic E-state index is -0.00299. The molecule has 146 valence electrons. The molecule has 4 rings (SSSR count). The van der Waals surface area contributed by atoms with E-state index in [1.54, 1.807) is 10.6 Å². The molecule has 28 heavy (non-hydrogen) atoms. The third-order valence-electron chi connectivity index (χ3n) is 5.31. The van der Waals surface area contributed by atoms with Gasteiger partial charge < -0.3 is 10.1 Å². The van der Waals surface area contributed by atoms with Crippen molar-refractivity contribution in [3.05, 3.63) is 64.7 Å². The van der Waals surface area contributed by atoms with Crippen molar-refractivity contribution in [2.24, 2.45) is 0 Å². The van der Waals surface area contributed by atoms with Crippen LogP contribution in [0.15, 0.2) is 53.5 Å². The van der Waals surface area contributed by atoms with Gasteiger partial charge in [0, 0.05) is 25.0 Å². The van der Waals surface area contributed by atoms with E-state index >= 15 is 0 Å². The molecule has 0 saturated carbocycles. The van der Waals surface area contributed by atoms with Crippen molar-refractivity contribution in [2.75, 3.05) is 18.5 Å². The molecular formula is C23H27N3O2. The van der Waals surface area contributed by atoms with E-state index in [-0.39, 0.29) is 5.56 Å². The summed E-state index contributed by atoms with van der Waals surface area (Å²) in [5.74, 6) is 0. The molecule has 1 fully saturated rings. The average Bonchev–Trinajstić information content (AvgIpc) is 3.25. The zero-order valence-corrected chi connectivity index (χ0v) is 16.4. The Hall–Kier alpha value is -2.66. The number of unbranched alkanes of at least 4 members (excludes halogenated alkanes) is 1. The molecule has 5 nitrogen and oxygen atoms in total. The minimum absolute atomic E-state index is 0.00299. The fourth-order valence-electron chi connectivity index (χ4n) is 3.74. The van der Waals surface area contributed by atoms with Crippen LogP contribution in [-0.2, 0) is 11.2 Å². The molecule has 3 aromatic rings. The number of nitrogens with zero attached hydrogens (tertiary/aromatic N) is 2. The number of pyridine rings is 1. The molecule has 1 N–H and O–H groups in total. The maximum absolute atomic E-state index is 13.2. The number of aryl methyl sites for hydroxylation is 1. The van der Waals surface area contributed by atoms with Gasteiger partial charge in [0.15, 0.2) is 0 Å². The van der Waals surface area contributed by atoms with Crippen LogP contribution in [0.25, 0.3) is 16.8 Å². The summed E-state index contributed by atoms with van der Waals surface area (Å²) in [6, 6.07) is 13.8. The number of hydrogen-bond acceptors (Lipinski definition) is 4. The second-order valence-electron chi connectivity index (χ2n) is 7.36. The third kappa shape index (κ3) is 3.94. The predicted octanol–water partition coefficient (Wildman–Crippen LogP) is 4.30. The van der Waals surface area contributed by atoms with Crippen molar-refractivity contribution in [1.29, 1.82) is 0 Å². The molecule has 1 aliphatic heterocycles. The summed E-state index contributed by atoms with van der Waals surface area (Å²) >= 11 is 0. The lowest BCUT2D eigenvalue weighted by Gasteiger charge is -2.13. The first kappa shape index (κ1) is 18.7. The topological polar surface area (TPSA) is 55.6 Å². The number of anilines is 1. The summed E-state index contributed by atoms with van der Waals surface area (Å²) in [7, 11) is 0. The van der Waals surface area contributed by atoms with E-state index in [4.69, 9.17) is 9.72 Å². The van der Waals surface area contributed by atoms with Gasteiger partial charge in [-0.05, 0) is 55.5 Å². The van der Waals surface area contributed by atoms with Crippen LogP contribution in [0.2, 0.25) is 0 Å². The Morgan fingerprint density at radius 3 is 2.82 bits per heavy atom. The van der Waals surface area contributed by atoms with Gasteiger partial charge in [-0.1, -0.05) is 31.5 Å². The van der Waals surface area contributed by atoms with E-state index in [2.05, 4.69) is 12.2 Å². The molecule has 0 radical (unpaired) electrons. The van der Waals surface area contributed by atoms with E-state index in [0.717, 1.165) is 62.2 Å². The van der Waals surface area contributed by atoms with Gasteiger partial charge in [0.1, 0.15) is 5.65 Å². The molecule has 0 unspecified atom stereocenters. The molecule has 1 saturated heterocycles. The number of rotatable bonds is 7. The lowest BCUT2D eigenvalue weighted by molar-refractivity contribution is 0.120. The highest BCUT2D eigenvalue weighted by atomic mass is 16.5. The fraction of sp³-hybridized carbons (Fsp3) is 0.391. The van der Waals surface area contributed by atoms with E-state index in [1.807, 2.05) is 42.5 Å². The van der Waals surface area contributed by atoms with Crippen LogP contribution in [-0.4, -0.2) is 28.6 Å². The monoisotopic (exact) mass is 377 g/mol. The van der Waals surface area contributed by atoms with Crippen LogP contribution in [0.5, 0.6) is 0 Å². The maximum atomic E-state index is 13.2. The normalized spacial score (nSPS) is 16.5. The lowest BCUT2D eigenvalue weighted by Crippen LogP contribution is -2.20. The van der Waals surface area contributed by atoms with Gasteiger partial charge in [-0.25, -0.2) is 4.98 Å². The summed E-state index contributed by atoms with van der Waals surface area (Å²) in [4.78, 5) is 18.0. The Morgan fingerprint density at radius 2 is 2.07 bits per heavy atom. The number of nitrogens with one attached hydrogen (secondary N) is 1. The molecule has 0 aliphatic carbocycles. The Morgan fingerprint density at radius 1 is 1.21 bits per heavy atom. The minimum Gasteiger partial charge on any atom is -0.382 e. The van der Waals surface area contributed by atoms with Gasteiger partial charge in [-0.15, -0.1) is 0 Å². The van der Waals surface area contributed by atoms with E-state index < -0.39 is 0 Å². The van der Waals surface area contributed by atoms with Crippen LogP contribution >= 0.6 is 0 Å². The highest BCUT2D eigenvalue weighted by Crippen LogP contribution is 2.23. The lowest BCUT2D eigenvalue weighted by atomic mass is 10.0. The third-order valence-corrected chi connectivity index (χ3v) is 5.31. The van der Waals surface area contributed by atoms with Crippen molar-refractivity contribution >= 4 is 11.3 Å². The standard InChI is InChI=1S/C23H27N3O2/c1-2-3-8-20-22(23(27)26-14-5-4-9-21(26)25-20)17-10-12-18(13-11-17)24-16-19-7-6-15-28-19/h4-5,9-14,19,24H,2-3,6-8,15-16H2,1H3/t19-/m1/s1. The first-order valence-electron chi connectivity index (χ1n) is 10.2. The van der Waals surface area contributed by atoms with Crippen molar-refractivity contribution in [3.8, 4) is 11.1 Å². The smallest absolute Gasteiger partial charge is 0.265 e. The molecule has 3 heterocycles. The zero-order chi connectivity index (χ0) is 19.3. The van der Waals surface area contributed by atoms with Gasteiger partial charge in [0.25, 0.3) is 5.56 Å². The molecule has 1 aliphatic rings. The SMILES string of the molecule is CCCCc1nc2ccccn2c(=O)c1-c1ccc(NC[C@H]2CCCO2)cc1. The van der Waals surface area contributed by atoms with E-state index in [0.29, 0.717) is 17.3 Å². The van der Waals surface area contributed by atoms with Crippen LogP contribution < -0.4 is 10.9 Å². The molecule has 5 heteroatoms. The van der Waals surface area contributed by atoms with Gasteiger partial charge >= 0.3 is 0 Å². The number of benzene rings is 1. The van der Waals surface area contributed by atoms with Crippen molar-refractivity contribution in [1.82, 2.24) is 9.38 Å². The van der Waals surface area contributed by atoms with Crippen LogP contribution in [0.1, 0.15) is 38.3 Å². The number of fused-ring (bicyclic) bond motifs is 1. The molecule has 1 aromatic carbocycles. The number of hydrogen-bond donors (Lipinski definition) is 1. The quantitative estimate of drug-likeness (QED) is 0.667. The summed E-state index contributed by atoms with van der Waals surface area (Å²) in [5, 5.41) is 3.43. The van der Waals surface area contributed by atoms with E-state index in [1.165, 1.54) is 0 Å². The predicted molar refractivity (Wildman–Crippen MR) is 113 cm³/mol. The molecular weight excluding hydrogens is 350 g/mol. The molecule has 2 aromatic heterocycles. The van der Waals surface area contributed by atoms with Gasteiger partial charge in [-0.3, -0.25) is 9.20 Å². The maximum Gasteiger partial charge on any atom is 0.265 e. The molecule has 0 bridgehead atoms. The summed E-state index contributed by atoms with van der Waals surface area (Å²) in [5.41, 5.74) is 4.27. The van der Waals surface area contributed by atoms with Crippen molar-refractivity contribution < 1.29 is 4.74 Å². The number of aromatic nitrogens is 2. The Bertz CT molecular complexity index is 989. The second kappa shape index (κ2) is 8.57. The highest BCUT2D eigenvalue weighted by Gasteiger charge is 2.16. The highest BCUT2D eigenvalue weighted by molar-refractivity contribution is 5.68. The first-order valence-corrected chi connectivity index (χ1v) is 10.2. The van der Waals surface area contributed by atoms with E-state index in [9.17, 15) is 4.79 Å². The fourth-order valence-corrected chi connectivity index (χ4v) is 3.74. The van der Waals surface area contributed by atoms with Gasteiger partial charge in [-0.2, -0.15) is 0 Å². The molecule has 1 atom stereocenters. The van der Waals surface area contributed by atoms with Crippen LogP contribution in [0.4, 0.5) is 5.69 Å². The Kier molecular flexibility index (Phi) is 5.72. The van der Waals surface area contributed by atoms with Crippen LogP contribution in [0.3, 0.4) is 0 Å². The van der Waals surface area contributed by atoms with Gasteiger partial charge in [0.05, 0.1) is 17.4 Å². The summed E-state index contributed by atoms with van der Waals surface area (Å²) < 4.78 is 7.30. The Balaban J connectivity index is 1.64. The molecule has 0 spiro atoms. The molecule has 0 amide bonds. The van der Waals surface area contributed by atoms with Crippen molar-refractivity contribution in [3.63, 3.8) is 0 Å². The van der Waals surface area contributed by atoms with Gasteiger partial charge in [0.2, 0.25) is 0 Å². The largest absolute Gasteiger partial charge is 0.382 e. The summed E-state index contributed by atoms with van der Waals surface area (Å²) in [6.45, 7) is 3.84. The summed E-state index contributed by atoms with van der Waals surface area (Å²) in [6.07, 6.45) is 7.25. The van der Waals surface area contributed by atoms with Crippen molar-refractivity contribution in [2.45, 2.75) is 45.1 Å². The average molecular weight is 377 g/mol. The first-order chi connectivity index (χ1) is 13.8.